The molecule has 0 amide bonds. The molecular formula is C21H14Cl2N2O2S. The number of carbonyl (C=O) groups is 1. The van der Waals surface area contributed by atoms with Crippen LogP contribution in [0.3, 0.4) is 0 Å². The highest BCUT2D eigenvalue weighted by molar-refractivity contribution is 7.17. The molecule has 4 rings (SSSR count). The molecule has 0 bridgehead atoms. The zero-order valence-electron chi connectivity index (χ0n) is 14.7. The van der Waals surface area contributed by atoms with Crippen LogP contribution in [0.4, 0.5) is 11.4 Å². The first kappa shape index (κ1) is 18.7. The molecule has 28 heavy (non-hydrogen) atoms. The van der Waals surface area contributed by atoms with E-state index in [9.17, 15) is 4.79 Å². The number of nitrogens with zero attached hydrogens (tertiary/aromatic N) is 1. The summed E-state index contributed by atoms with van der Waals surface area (Å²) in [7, 11) is 1.56. The number of hydrogen-bond donors (Lipinski definition) is 1. The monoisotopic (exact) mass is 428 g/mol. The van der Waals surface area contributed by atoms with E-state index in [2.05, 4.69) is 10.3 Å². The maximum atomic E-state index is 10.9. The molecule has 140 valence electrons. The molecule has 0 aliphatic heterocycles. The van der Waals surface area contributed by atoms with Crippen molar-refractivity contribution in [3.63, 3.8) is 0 Å². The van der Waals surface area contributed by atoms with E-state index in [-0.39, 0.29) is 0 Å². The molecule has 0 aliphatic carbocycles. The van der Waals surface area contributed by atoms with Crippen molar-refractivity contribution in [2.45, 2.75) is 0 Å². The molecule has 7 heteroatoms. The minimum atomic E-state index is 0.452. The van der Waals surface area contributed by atoms with E-state index in [4.69, 9.17) is 27.9 Å². The summed E-state index contributed by atoms with van der Waals surface area (Å²) in [6.45, 7) is 0. The number of halogens is 2. The molecule has 2 heterocycles. The molecule has 2 aromatic heterocycles. The minimum Gasteiger partial charge on any atom is -0.495 e. The highest BCUT2D eigenvalue weighted by atomic mass is 35.5. The van der Waals surface area contributed by atoms with Crippen LogP contribution in [0.1, 0.15) is 9.67 Å². The van der Waals surface area contributed by atoms with Gasteiger partial charge in [0.1, 0.15) is 5.75 Å². The minimum absolute atomic E-state index is 0.452. The lowest BCUT2D eigenvalue weighted by Crippen LogP contribution is -1.95. The number of nitrogens with one attached hydrogen (secondary N) is 1. The second kappa shape index (κ2) is 7.80. The van der Waals surface area contributed by atoms with Crippen LogP contribution < -0.4 is 10.1 Å². The van der Waals surface area contributed by atoms with Crippen molar-refractivity contribution in [3.8, 4) is 16.2 Å². The molecule has 0 spiro atoms. The second-order valence-corrected chi connectivity index (χ2v) is 7.93. The zero-order valence-corrected chi connectivity index (χ0v) is 17.0. The maximum Gasteiger partial charge on any atom is 0.160 e. The van der Waals surface area contributed by atoms with Gasteiger partial charge in [0.05, 0.1) is 33.2 Å². The number of aromatic nitrogens is 1. The lowest BCUT2D eigenvalue weighted by Gasteiger charge is -2.13. The molecule has 4 aromatic rings. The van der Waals surface area contributed by atoms with Crippen LogP contribution in [0, 0.1) is 0 Å². The fourth-order valence-corrected chi connectivity index (χ4v) is 4.23. The molecule has 4 nitrogen and oxygen atoms in total. The standard InChI is InChI=1S/C21H14Cl2N2O2S/c1-27-20-10-19(15(22)9-16(20)23)25-17-6-7-24-18-8-12(2-4-14(17)18)21-5-3-13(11-26)28-21/h2-11H,1H3,(H,24,25). The number of aldehydes is 1. The van der Waals surface area contributed by atoms with Gasteiger partial charge in [0.2, 0.25) is 0 Å². The fraction of sp³-hybridized carbons (Fsp3) is 0.0476. The maximum absolute atomic E-state index is 10.9. The second-order valence-electron chi connectivity index (χ2n) is 6.00. The Balaban J connectivity index is 1.74. The Kier molecular flexibility index (Phi) is 5.22. The first-order chi connectivity index (χ1) is 13.6. The molecule has 0 unspecified atom stereocenters. The molecule has 1 N–H and O–H groups in total. The zero-order chi connectivity index (χ0) is 19.7. The van der Waals surface area contributed by atoms with Crippen molar-refractivity contribution >= 4 is 63.1 Å². The third kappa shape index (κ3) is 3.56. The van der Waals surface area contributed by atoms with E-state index < -0.39 is 0 Å². The van der Waals surface area contributed by atoms with E-state index in [1.54, 1.807) is 25.4 Å². The summed E-state index contributed by atoms with van der Waals surface area (Å²) in [6.07, 6.45) is 2.60. The van der Waals surface area contributed by atoms with Crippen molar-refractivity contribution < 1.29 is 9.53 Å². The largest absolute Gasteiger partial charge is 0.495 e. The SMILES string of the molecule is COc1cc(Nc2ccnc3cc(-c4ccc(C=O)s4)ccc23)c(Cl)cc1Cl. The van der Waals surface area contributed by atoms with Crippen LogP contribution in [-0.4, -0.2) is 18.4 Å². The number of pyridine rings is 1. The van der Waals surface area contributed by atoms with Crippen LogP contribution in [0.15, 0.2) is 54.7 Å². The summed E-state index contributed by atoms with van der Waals surface area (Å²) in [6, 6.07) is 15.1. The van der Waals surface area contributed by atoms with Crippen molar-refractivity contribution in [3.05, 3.63) is 69.7 Å². The van der Waals surface area contributed by atoms with Gasteiger partial charge in [0.25, 0.3) is 0 Å². The lowest BCUT2D eigenvalue weighted by molar-refractivity contribution is 0.112. The summed E-state index contributed by atoms with van der Waals surface area (Å²) in [4.78, 5) is 17.1. The average Bonchev–Trinajstić information content (AvgIpc) is 3.19. The summed E-state index contributed by atoms with van der Waals surface area (Å²) in [5.41, 5.74) is 3.40. The molecule has 0 aliphatic rings. The quantitative estimate of drug-likeness (QED) is 0.353. The van der Waals surface area contributed by atoms with Crippen molar-refractivity contribution in [1.82, 2.24) is 4.98 Å². The Morgan fingerprint density at radius 1 is 1.04 bits per heavy atom. The van der Waals surface area contributed by atoms with Gasteiger partial charge in [-0.05, 0) is 35.9 Å². The topological polar surface area (TPSA) is 51.2 Å². The normalized spacial score (nSPS) is 10.8. The van der Waals surface area contributed by atoms with Crippen LogP contribution in [0.2, 0.25) is 10.0 Å². The fourth-order valence-electron chi connectivity index (χ4n) is 2.91. The Morgan fingerprint density at radius 3 is 2.64 bits per heavy atom. The predicted octanol–water partition coefficient (Wildman–Crippen LogP) is 6.83. The van der Waals surface area contributed by atoms with Gasteiger partial charge in [-0.15, -0.1) is 11.3 Å². The summed E-state index contributed by atoms with van der Waals surface area (Å²) in [5, 5.41) is 5.23. The number of carbonyl (C=O) groups excluding carboxylic acids is 1. The molecular weight excluding hydrogens is 415 g/mol. The number of benzene rings is 2. The van der Waals surface area contributed by atoms with Crippen LogP contribution in [-0.2, 0) is 0 Å². The Bertz CT molecular complexity index is 1190. The van der Waals surface area contributed by atoms with E-state index >= 15 is 0 Å². The van der Waals surface area contributed by atoms with E-state index in [0.29, 0.717) is 26.4 Å². The van der Waals surface area contributed by atoms with Crippen LogP contribution >= 0.6 is 34.5 Å². The summed E-state index contributed by atoms with van der Waals surface area (Å²) < 4.78 is 5.28. The average molecular weight is 429 g/mol. The third-order valence-electron chi connectivity index (χ3n) is 4.28. The van der Waals surface area contributed by atoms with Crippen molar-refractivity contribution in [1.29, 1.82) is 0 Å². The lowest BCUT2D eigenvalue weighted by atomic mass is 10.1. The molecule has 0 radical (unpaired) electrons. The van der Waals surface area contributed by atoms with E-state index in [1.807, 2.05) is 36.4 Å². The van der Waals surface area contributed by atoms with Crippen molar-refractivity contribution in [2.75, 3.05) is 12.4 Å². The first-order valence-electron chi connectivity index (χ1n) is 8.33. The van der Waals surface area contributed by atoms with Crippen LogP contribution in [0.25, 0.3) is 21.3 Å². The highest BCUT2D eigenvalue weighted by Gasteiger charge is 2.11. The van der Waals surface area contributed by atoms with Gasteiger partial charge >= 0.3 is 0 Å². The molecule has 0 fully saturated rings. The van der Waals surface area contributed by atoms with Gasteiger partial charge in [-0.25, -0.2) is 0 Å². The molecule has 0 saturated carbocycles. The van der Waals surface area contributed by atoms with Gasteiger partial charge in [0, 0.05) is 28.2 Å². The highest BCUT2D eigenvalue weighted by Crippen LogP contribution is 2.37. The number of methoxy groups -OCH3 is 1. The Labute approximate surface area is 175 Å². The van der Waals surface area contributed by atoms with Gasteiger partial charge in [0.15, 0.2) is 6.29 Å². The summed E-state index contributed by atoms with van der Waals surface area (Å²) in [5.74, 6) is 0.540. The Morgan fingerprint density at radius 2 is 1.89 bits per heavy atom. The van der Waals surface area contributed by atoms with Gasteiger partial charge in [-0.1, -0.05) is 35.3 Å². The smallest absolute Gasteiger partial charge is 0.160 e. The number of hydrogen-bond acceptors (Lipinski definition) is 5. The number of thiophene rings is 1. The first-order valence-corrected chi connectivity index (χ1v) is 9.90. The third-order valence-corrected chi connectivity index (χ3v) is 5.95. The number of rotatable bonds is 5. The molecule has 0 atom stereocenters. The van der Waals surface area contributed by atoms with Crippen molar-refractivity contribution in [2.24, 2.45) is 0 Å². The van der Waals surface area contributed by atoms with Gasteiger partial charge in [-0.3, -0.25) is 9.78 Å². The Hall–Kier alpha value is -2.60. The van der Waals surface area contributed by atoms with E-state index in [0.717, 1.165) is 33.3 Å². The van der Waals surface area contributed by atoms with E-state index in [1.165, 1.54) is 11.3 Å². The predicted molar refractivity (Wildman–Crippen MR) is 117 cm³/mol. The molecule has 0 saturated heterocycles. The number of fused-ring (bicyclic) bond motifs is 1. The number of anilines is 2. The molecule has 2 aromatic carbocycles. The van der Waals surface area contributed by atoms with Gasteiger partial charge in [-0.2, -0.15) is 0 Å². The summed E-state index contributed by atoms with van der Waals surface area (Å²) >= 11 is 13.9. The van der Waals surface area contributed by atoms with Crippen LogP contribution in [0.5, 0.6) is 5.75 Å². The van der Waals surface area contributed by atoms with Gasteiger partial charge < -0.3 is 10.1 Å². The number of ether oxygens (including phenoxy) is 1.